The van der Waals surface area contributed by atoms with E-state index >= 15 is 0 Å². The van der Waals surface area contributed by atoms with Crippen LogP contribution in [0.2, 0.25) is 0 Å². The van der Waals surface area contributed by atoms with E-state index in [0.717, 1.165) is 12.1 Å². The van der Waals surface area contributed by atoms with E-state index in [4.69, 9.17) is 0 Å². The second kappa shape index (κ2) is 5.41. The molecule has 5 heteroatoms. The minimum absolute atomic E-state index is 0.0349. The van der Waals surface area contributed by atoms with Crippen LogP contribution in [0.4, 0.5) is 0 Å². The van der Waals surface area contributed by atoms with Crippen LogP contribution in [0, 0.1) is 0 Å². The van der Waals surface area contributed by atoms with Crippen LogP contribution in [0.3, 0.4) is 0 Å². The largest absolute Gasteiger partial charge is 0.508 e. The lowest BCUT2D eigenvalue weighted by molar-refractivity contribution is 0.0625. The molecule has 118 valence electrons. The maximum absolute atomic E-state index is 12.2. The quantitative estimate of drug-likeness (QED) is 0.733. The monoisotopic (exact) mass is 303 g/mol. The van der Waals surface area contributed by atoms with Gasteiger partial charge >= 0.3 is 0 Å². The standard InChI is InChI=1S/C17H21NO4/c1-9-5-11-16(10-3-4-18(2)8-15(10)22)13(20)7-14(21)17(11)12(19)6-9/h6-7,10,15,20-22H,3-5,8H2,1-2H3/t10-,15+/m1/s1. The van der Waals surface area contributed by atoms with E-state index in [1.54, 1.807) is 0 Å². The van der Waals surface area contributed by atoms with Gasteiger partial charge in [0.05, 0.1) is 11.7 Å². The summed E-state index contributed by atoms with van der Waals surface area (Å²) in [6, 6.07) is 1.23. The highest BCUT2D eigenvalue weighted by molar-refractivity contribution is 6.09. The first-order valence-corrected chi connectivity index (χ1v) is 7.54. The highest BCUT2D eigenvalue weighted by Gasteiger charge is 2.34. The van der Waals surface area contributed by atoms with Crippen molar-refractivity contribution in [1.82, 2.24) is 4.90 Å². The van der Waals surface area contributed by atoms with Gasteiger partial charge in [0.1, 0.15) is 11.5 Å². The van der Waals surface area contributed by atoms with Gasteiger partial charge in [0.25, 0.3) is 0 Å². The number of ketones is 1. The molecule has 1 aromatic rings. The number of benzene rings is 1. The lowest BCUT2D eigenvalue weighted by Gasteiger charge is -2.36. The van der Waals surface area contributed by atoms with Gasteiger partial charge in [0.2, 0.25) is 0 Å². The molecule has 2 aliphatic rings. The number of carbonyl (C=O) groups excluding carboxylic acids is 1. The average Bonchev–Trinajstić information content (AvgIpc) is 2.39. The fourth-order valence-electron chi connectivity index (χ4n) is 3.65. The number of phenolic OH excluding ortho intramolecular Hbond substituents is 2. The molecular weight excluding hydrogens is 282 g/mol. The summed E-state index contributed by atoms with van der Waals surface area (Å²) in [5, 5.41) is 30.8. The third kappa shape index (κ3) is 2.40. The molecule has 3 rings (SSSR count). The van der Waals surface area contributed by atoms with Crippen LogP contribution in [-0.2, 0) is 6.42 Å². The Kier molecular flexibility index (Phi) is 3.70. The Morgan fingerprint density at radius 2 is 2.00 bits per heavy atom. The fraction of sp³-hybridized carbons (Fsp3) is 0.471. The van der Waals surface area contributed by atoms with Gasteiger partial charge in [-0.25, -0.2) is 0 Å². The van der Waals surface area contributed by atoms with E-state index in [1.165, 1.54) is 12.1 Å². The van der Waals surface area contributed by atoms with Crippen molar-refractivity contribution in [3.05, 3.63) is 34.4 Å². The predicted octanol–water partition coefficient (Wildman–Crippen LogP) is 1.56. The molecular formula is C17H21NO4. The molecule has 1 aliphatic heterocycles. The van der Waals surface area contributed by atoms with Crippen LogP contribution in [0.15, 0.2) is 17.7 Å². The summed E-state index contributed by atoms with van der Waals surface area (Å²) in [4.78, 5) is 14.3. The number of likely N-dealkylation sites (N-methyl/N-ethyl adjacent to an activating group) is 1. The number of likely N-dealkylation sites (tertiary alicyclic amines) is 1. The molecule has 1 aliphatic carbocycles. The number of aromatic hydroxyl groups is 2. The molecule has 22 heavy (non-hydrogen) atoms. The molecule has 0 unspecified atom stereocenters. The van der Waals surface area contributed by atoms with Gasteiger partial charge in [-0.3, -0.25) is 4.79 Å². The van der Waals surface area contributed by atoms with E-state index in [1.807, 2.05) is 18.9 Å². The Morgan fingerprint density at radius 3 is 2.68 bits per heavy atom. The Labute approximate surface area is 129 Å². The SMILES string of the molecule is CC1=CC(=O)c2c(O)cc(O)c([C@@H]3CCN(C)C[C@@H]3O)c2C1. The van der Waals surface area contributed by atoms with Crippen LogP contribution in [0.25, 0.3) is 0 Å². The molecule has 1 saturated heterocycles. The number of allylic oxidation sites excluding steroid dienone is 2. The molecule has 1 fully saturated rings. The maximum Gasteiger partial charge on any atom is 0.189 e. The molecule has 0 amide bonds. The van der Waals surface area contributed by atoms with Gasteiger partial charge in [0, 0.05) is 24.1 Å². The number of hydrogen-bond donors (Lipinski definition) is 3. The van der Waals surface area contributed by atoms with Crippen LogP contribution in [0.1, 0.15) is 40.7 Å². The molecule has 2 atom stereocenters. The number of aliphatic hydroxyl groups is 1. The summed E-state index contributed by atoms with van der Waals surface area (Å²) >= 11 is 0. The molecule has 1 heterocycles. The Bertz CT molecular complexity index is 665. The van der Waals surface area contributed by atoms with Crippen molar-refractivity contribution < 1.29 is 20.1 Å². The van der Waals surface area contributed by atoms with Gasteiger partial charge in [-0.05, 0) is 45.0 Å². The zero-order valence-corrected chi connectivity index (χ0v) is 12.8. The number of piperidine rings is 1. The van der Waals surface area contributed by atoms with Crippen molar-refractivity contribution in [3.8, 4) is 11.5 Å². The third-order valence-electron chi connectivity index (χ3n) is 4.67. The first kappa shape index (κ1) is 15.1. The first-order chi connectivity index (χ1) is 10.4. The molecule has 0 bridgehead atoms. The summed E-state index contributed by atoms with van der Waals surface area (Å²) in [5.41, 5.74) is 2.45. The van der Waals surface area contributed by atoms with Gasteiger partial charge in [-0.2, -0.15) is 0 Å². The van der Waals surface area contributed by atoms with Gasteiger partial charge < -0.3 is 20.2 Å². The Morgan fingerprint density at radius 1 is 1.27 bits per heavy atom. The van der Waals surface area contributed by atoms with E-state index in [2.05, 4.69) is 0 Å². The minimum atomic E-state index is -0.598. The third-order valence-corrected chi connectivity index (χ3v) is 4.67. The van der Waals surface area contributed by atoms with E-state index in [-0.39, 0.29) is 28.8 Å². The topological polar surface area (TPSA) is 81.0 Å². The van der Waals surface area contributed by atoms with Crippen LogP contribution >= 0.6 is 0 Å². The van der Waals surface area contributed by atoms with Crippen molar-refractivity contribution >= 4 is 5.78 Å². The number of fused-ring (bicyclic) bond motifs is 1. The number of rotatable bonds is 1. The van der Waals surface area contributed by atoms with Crippen molar-refractivity contribution in [1.29, 1.82) is 0 Å². The summed E-state index contributed by atoms with van der Waals surface area (Å²) in [5.74, 6) is -0.677. The highest BCUT2D eigenvalue weighted by Crippen LogP contribution is 2.43. The van der Waals surface area contributed by atoms with E-state index in [9.17, 15) is 20.1 Å². The lowest BCUT2D eigenvalue weighted by Crippen LogP contribution is -2.41. The van der Waals surface area contributed by atoms with E-state index in [0.29, 0.717) is 30.5 Å². The number of hydrogen-bond acceptors (Lipinski definition) is 5. The Hall–Kier alpha value is -1.85. The van der Waals surface area contributed by atoms with Crippen molar-refractivity contribution in [3.63, 3.8) is 0 Å². The molecule has 0 saturated carbocycles. The lowest BCUT2D eigenvalue weighted by atomic mass is 9.78. The van der Waals surface area contributed by atoms with Crippen LogP contribution < -0.4 is 0 Å². The van der Waals surface area contributed by atoms with Crippen molar-refractivity contribution in [2.45, 2.75) is 31.8 Å². The molecule has 0 spiro atoms. The number of aliphatic hydroxyl groups excluding tert-OH is 1. The van der Waals surface area contributed by atoms with Crippen molar-refractivity contribution in [2.24, 2.45) is 0 Å². The van der Waals surface area contributed by atoms with Gasteiger partial charge in [0.15, 0.2) is 5.78 Å². The van der Waals surface area contributed by atoms with Crippen molar-refractivity contribution in [2.75, 3.05) is 20.1 Å². The zero-order chi connectivity index (χ0) is 16.0. The molecule has 1 aromatic carbocycles. The average molecular weight is 303 g/mol. The Balaban J connectivity index is 2.13. The van der Waals surface area contributed by atoms with Gasteiger partial charge in [-0.15, -0.1) is 0 Å². The van der Waals surface area contributed by atoms with Crippen LogP contribution in [0.5, 0.6) is 11.5 Å². The van der Waals surface area contributed by atoms with Gasteiger partial charge in [-0.1, -0.05) is 5.57 Å². The second-order valence-electron chi connectivity index (χ2n) is 6.44. The zero-order valence-electron chi connectivity index (χ0n) is 12.8. The predicted molar refractivity (Wildman–Crippen MR) is 82.4 cm³/mol. The molecule has 0 radical (unpaired) electrons. The smallest absolute Gasteiger partial charge is 0.189 e. The maximum atomic E-state index is 12.2. The molecule has 0 aromatic heterocycles. The number of carbonyl (C=O) groups is 1. The minimum Gasteiger partial charge on any atom is -0.508 e. The normalized spacial score (nSPS) is 25.8. The number of β-amino-alcohol motifs (C(OH)–C–C–N with tert-alkyl or cyclic N) is 1. The first-order valence-electron chi connectivity index (χ1n) is 7.54. The summed E-state index contributed by atoms with van der Waals surface area (Å²) in [6.45, 7) is 3.21. The summed E-state index contributed by atoms with van der Waals surface area (Å²) in [7, 11) is 1.95. The molecule has 5 nitrogen and oxygen atoms in total. The highest BCUT2D eigenvalue weighted by atomic mass is 16.3. The fourth-order valence-corrected chi connectivity index (χ4v) is 3.65. The molecule has 3 N–H and O–H groups in total. The van der Waals surface area contributed by atoms with Crippen LogP contribution in [-0.4, -0.2) is 52.2 Å². The summed E-state index contributed by atoms with van der Waals surface area (Å²) < 4.78 is 0. The number of phenols is 2. The van der Waals surface area contributed by atoms with E-state index < -0.39 is 6.10 Å². The second-order valence-corrected chi connectivity index (χ2v) is 6.44. The summed E-state index contributed by atoms with van der Waals surface area (Å²) in [6.07, 6.45) is 2.14. The number of nitrogens with zero attached hydrogens (tertiary/aromatic N) is 1.